The Kier molecular flexibility index (Phi) is 5.35. The van der Waals surface area contributed by atoms with Crippen LogP contribution in [0.15, 0.2) is 75.7 Å². The van der Waals surface area contributed by atoms with Gasteiger partial charge < -0.3 is 4.74 Å². The summed E-state index contributed by atoms with van der Waals surface area (Å²) in [6, 6.07) is 14.5. The average Bonchev–Trinajstić information content (AvgIpc) is 3.07. The van der Waals surface area contributed by atoms with Crippen molar-refractivity contribution in [3.05, 3.63) is 107 Å². The molecule has 0 saturated heterocycles. The first kappa shape index (κ1) is 20.4. The highest BCUT2D eigenvalue weighted by Gasteiger charge is 2.32. The molecule has 2 heterocycles. The summed E-state index contributed by atoms with van der Waals surface area (Å²) in [4.78, 5) is 41.2. The first-order valence-electron chi connectivity index (χ1n) is 9.31. The molecule has 1 unspecified atom stereocenters. The van der Waals surface area contributed by atoms with E-state index < -0.39 is 16.9 Å². The summed E-state index contributed by atoms with van der Waals surface area (Å²) in [5, 5.41) is 10.9. The molecule has 31 heavy (non-hydrogen) atoms. The van der Waals surface area contributed by atoms with Crippen LogP contribution < -0.4 is 14.9 Å². The Labute approximate surface area is 180 Å². The number of thiazole rings is 1. The van der Waals surface area contributed by atoms with Crippen molar-refractivity contribution in [3.8, 4) is 0 Å². The van der Waals surface area contributed by atoms with Crippen LogP contribution in [0.5, 0.6) is 0 Å². The number of methoxy groups -OCH3 is 1. The summed E-state index contributed by atoms with van der Waals surface area (Å²) in [5.41, 5.74) is 1.88. The van der Waals surface area contributed by atoms with Gasteiger partial charge in [-0.1, -0.05) is 41.7 Å². The number of benzene rings is 2. The fraction of sp³-hybridized carbons (Fsp3) is 0.136. The zero-order valence-corrected chi connectivity index (χ0v) is 17.5. The van der Waals surface area contributed by atoms with E-state index in [1.54, 1.807) is 25.1 Å². The Morgan fingerprint density at radius 3 is 2.48 bits per heavy atom. The number of nitro benzene ring substituents is 1. The van der Waals surface area contributed by atoms with E-state index in [4.69, 9.17) is 4.74 Å². The van der Waals surface area contributed by atoms with Crippen molar-refractivity contribution < 1.29 is 14.5 Å². The minimum absolute atomic E-state index is 0.0268. The van der Waals surface area contributed by atoms with Crippen molar-refractivity contribution in [2.45, 2.75) is 13.0 Å². The maximum atomic E-state index is 13.3. The smallest absolute Gasteiger partial charge is 0.338 e. The molecule has 156 valence electrons. The number of hydrogen-bond acceptors (Lipinski definition) is 7. The van der Waals surface area contributed by atoms with Crippen LogP contribution in [0, 0.1) is 10.1 Å². The van der Waals surface area contributed by atoms with Crippen molar-refractivity contribution in [2.75, 3.05) is 7.11 Å². The minimum Gasteiger partial charge on any atom is -0.466 e. The van der Waals surface area contributed by atoms with Gasteiger partial charge in [0.15, 0.2) is 4.80 Å². The summed E-state index contributed by atoms with van der Waals surface area (Å²) in [7, 11) is 1.30. The van der Waals surface area contributed by atoms with Gasteiger partial charge in [0.1, 0.15) is 0 Å². The maximum absolute atomic E-state index is 13.3. The number of carbonyl (C=O) groups is 1. The van der Waals surface area contributed by atoms with Crippen LogP contribution in [-0.4, -0.2) is 22.6 Å². The van der Waals surface area contributed by atoms with E-state index in [-0.39, 0.29) is 11.2 Å². The van der Waals surface area contributed by atoms with Gasteiger partial charge >= 0.3 is 5.97 Å². The Morgan fingerprint density at radius 1 is 1.19 bits per heavy atom. The summed E-state index contributed by atoms with van der Waals surface area (Å²) in [6.07, 6.45) is 1.66. The number of ether oxygens (including phenoxy) is 1. The SMILES string of the molecule is COC(=O)C1=C(C)N=c2s/c(=C/c3ccc([N+](=O)[O-])cc3)c(=O)n2C1c1ccccc1. The number of rotatable bonds is 4. The molecule has 8 nitrogen and oxygen atoms in total. The molecular weight excluding hydrogens is 418 g/mol. The largest absolute Gasteiger partial charge is 0.466 e. The van der Waals surface area contributed by atoms with Crippen LogP contribution in [0.25, 0.3) is 6.08 Å². The zero-order chi connectivity index (χ0) is 22.1. The summed E-state index contributed by atoms with van der Waals surface area (Å²) in [5.74, 6) is -0.542. The number of non-ortho nitro benzene ring substituents is 1. The van der Waals surface area contributed by atoms with Gasteiger partial charge in [-0.2, -0.15) is 0 Å². The zero-order valence-electron chi connectivity index (χ0n) is 16.6. The third-order valence-corrected chi connectivity index (χ3v) is 5.93. The van der Waals surface area contributed by atoms with Crippen molar-refractivity contribution in [1.82, 2.24) is 4.57 Å². The first-order valence-corrected chi connectivity index (χ1v) is 10.1. The summed E-state index contributed by atoms with van der Waals surface area (Å²) >= 11 is 1.20. The Balaban J connectivity index is 1.92. The molecule has 0 amide bonds. The lowest BCUT2D eigenvalue weighted by molar-refractivity contribution is -0.384. The predicted molar refractivity (Wildman–Crippen MR) is 115 cm³/mol. The van der Waals surface area contributed by atoms with Gasteiger partial charge in [-0.3, -0.25) is 19.5 Å². The number of hydrogen-bond donors (Lipinski definition) is 0. The van der Waals surface area contributed by atoms with Gasteiger partial charge in [-0.25, -0.2) is 9.79 Å². The topological polar surface area (TPSA) is 104 Å². The monoisotopic (exact) mass is 435 g/mol. The van der Waals surface area contributed by atoms with E-state index in [0.29, 0.717) is 26.2 Å². The van der Waals surface area contributed by atoms with E-state index in [1.807, 2.05) is 30.3 Å². The quantitative estimate of drug-likeness (QED) is 0.355. The second-order valence-corrected chi connectivity index (χ2v) is 7.84. The molecule has 3 aromatic rings. The highest BCUT2D eigenvalue weighted by molar-refractivity contribution is 7.07. The van der Waals surface area contributed by atoms with Crippen molar-refractivity contribution in [1.29, 1.82) is 0 Å². The molecule has 1 aliphatic rings. The molecule has 9 heteroatoms. The van der Waals surface area contributed by atoms with Gasteiger partial charge in [-0.15, -0.1) is 0 Å². The van der Waals surface area contributed by atoms with Crippen molar-refractivity contribution in [3.63, 3.8) is 0 Å². The standard InChI is InChI=1S/C22H17N3O5S/c1-13-18(21(27)30-2)19(15-6-4-3-5-7-15)24-20(26)17(31-22(24)23-13)12-14-8-10-16(11-9-14)25(28)29/h3-12,19H,1-2H3/b17-12+. The molecule has 0 aliphatic carbocycles. The normalized spacial score (nSPS) is 15.9. The van der Waals surface area contributed by atoms with Crippen LogP contribution in [0.2, 0.25) is 0 Å². The first-order chi connectivity index (χ1) is 14.9. The van der Waals surface area contributed by atoms with Gasteiger partial charge in [0, 0.05) is 12.1 Å². The Morgan fingerprint density at radius 2 is 1.87 bits per heavy atom. The fourth-order valence-electron chi connectivity index (χ4n) is 3.49. The fourth-order valence-corrected chi connectivity index (χ4v) is 4.53. The number of esters is 1. The number of fused-ring (bicyclic) bond motifs is 1. The highest BCUT2D eigenvalue weighted by atomic mass is 32.1. The van der Waals surface area contributed by atoms with Crippen molar-refractivity contribution >= 4 is 29.1 Å². The maximum Gasteiger partial charge on any atom is 0.338 e. The predicted octanol–water partition coefficient (Wildman–Crippen LogP) is 2.32. The molecule has 0 bridgehead atoms. The molecule has 1 aromatic heterocycles. The van der Waals surface area contributed by atoms with Crippen LogP contribution >= 0.6 is 11.3 Å². The third-order valence-electron chi connectivity index (χ3n) is 4.94. The lowest BCUT2D eigenvalue weighted by Crippen LogP contribution is -2.39. The van der Waals surface area contributed by atoms with Gasteiger partial charge in [-0.05, 0) is 36.3 Å². The molecule has 4 rings (SSSR count). The molecular formula is C22H17N3O5S. The van der Waals surface area contributed by atoms with E-state index in [0.717, 1.165) is 5.56 Å². The molecule has 1 aliphatic heterocycles. The second kappa shape index (κ2) is 8.11. The number of aromatic nitrogens is 1. The summed E-state index contributed by atoms with van der Waals surface area (Å²) < 4.78 is 6.87. The average molecular weight is 435 g/mol. The molecule has 0 spiro atoms. The molecule has 1 atom stereocenters. The van der Waals surface area contributed by atoms with Crippen LogP contribution in [0.3, 0.4) is 0 Å². The van der Waals surface area contributed by atoms with E-state index in [1.165, 1.54) is 35.1 Å². The van der Waals surface area contributed by atoms with Gasteiger partial charge in [0.05, 0.1) is 33.9 Å². The Bertz CT molecular complexity index is 1390. The third kappa shape index (κ3) is 3.71. The number of allylic oxidation sites excluding steroid dienone is 1. The number of nitro groups is 1. The molecule has 0 fully saturated rings. The Hall–Kier alpha value is -3.85. The minimum atomic E-state index is -0.663. The highest BCUT2D eigenvalue weighted by Crippen LogP contribution is 2.30. The summed E-state index contributed by atoms with van der Waals surface area (Å²) in [6.45, 7) is 1.72. The van der Waals surface area contributed by atoms with Crippen LogP contribution in [-0.2, 0) is 9.53 Å². The van der Waals surface area contributed by atoms with Gasteiger partial charge in [0.25, 0.3) is 11.2 Å². The lowest BCUT2D eigenvalue weighted by atomic mass is 9.96. The van der Waals surface area contributed by atoms with E-state index >= 15 is 0 Å². The van der Waals surface area contributed by atoms with E-state index in [9.17, 15) is 19.7 Å². The van der Waals surface area contributed by atoms with Gasteiger partial charge in [0.2, 0.25) is 0 Å². The molecule has 0 N–H and O–H groups in total. The molecule has 2 aromatic carbocycles. The lowest BCUT2D eigenvalue weighted by Gasteiger charge is -2.24. The van der Waals surface area contributed by atoms with Crippen molar-refractivity contribution in [2.24, 2.45) is 4.99 Å². The van der Waals surface area contributed by atoms with Crippen LogP contribution in [0.4, 0.5) is 5.69 Å². The second-order valence-electron chi connectivity index (χ2n) is 6.83. The van der Waals surface area contributed by atoms with Crippen LogP contribution in [0.1, 0.15) is 24.1 Å². The number of nitrogens with zero attached hydrogens (tertiary/aromatic N) is 3. The molecule has 0 saturated carbocycles. The molecule has 0 radical (unpaired) electrons. The number of carbonyl (C=O) groups excluding carboxylic acids is 1. The van der Waals surface area contributed by atoms with E-state index in [2.05, 4.69) is 4.99 Å².